The molecule has 0 atom stereocenters. The van der Waals surface area contributed by atoms with Gasteiger partial charge in [-0.15, -0.1) is 0 Å². The molecule has 0 bridgehead atoms. The van der Waals surface area contributed by atoms with Gasteiger partial charge in [0, 0.05) is 35.1 Å². The van der Waals surface area contributed by atoms with Gasteiger partial charge in [0.1, 0.15) is 0 Å². The van der Waals surface area contributed by atoms with E-state index in [1.54, 1.807) is 25.4 Å². The SMILES string of the molecule is CNC(=O)c1ccc(Nc2nccc(-c3ccc(Cl)cc3)n2)cc1. The van der Waals surface area contributed by atoms with Gasteiger partial charge in [0.25, 0.3) is 5.91 Å². The average Bonchev–Trinajstić information content (AvgIpc) is 2.62. The van der Waals surface area contributed by atoms with Crippen LogP contribution in [0, 0.1) is 0 Å². The van der Waals surface area contributed by atoms with E-state index in [0.29, 0.717) is 16.5 Å². The minimum atomic E-state index is -0.123. The summed E-state index contributed by atoms with van der Waals surface area (Å²) in [4.78, 5) is 20.3. The molecule has 1 heterocycles. The molecule has 3 rings (SSSR count). The molecule has 3 aromatic rings. The van der Waals surface area contributed by atoms with Gasteiger partial charge in [0.15, 0.2) is 0 Å². The molecule has 0 spiro atoms. The molecule has 0 fully saturated rings. The summed E-state index contributed by atoms with van der Waals surface area (Å²) in [5.74, 6) is 0.359. The van der Waals surface area contributed by atoms with E-state index in [1.807, 2.05) is 42.5 Å². The minimum absolute atomic E-state index is 0.123. The molecule has 6 heteroatoms. The number of amides is 1. The van der Waals surface area contributed by atoms with E-state index in [-0.39, 0.29) is 5.91 Å². The molecule has 0 aliphatic heterocycles. The second-order valence-electron chi connectivity index (χ2n) is 5.05. The van der Waals surface area contributed by atoms with Crippen molar-refractivity contribution in [1.29, 1.82) is 0 Å². The largest absolute Gasteiger partial charge is 0.355 e. The number of halogens is 1. The Morgan fingerprint density at radius 3 is 2.38 bits per heavy atom. The normalized spacial score (nSPS) is 10.2. The number of carbonyl (C=O) groups is 1. The molecule has 2 aromatic carbocycles. The molecule has 0 aliphatic rings. The highest BCUT2D eigenvalue weighted by atomic mass is 35.5. The average molecular weight is 339 g/mol. The van der Waals surface area contributed by atoms with Crippen molar-refractivity contribution in [3.63, 3.8) is 0 Å². The predicted molar refractivity (Wildman–Crippen MR) is 95.6 cm³/mol. The van der Waals surface area contributed by atoms with E-state index < -0.39 is 0 Å². The molecule has 2 N–H and O–H groups in total. The number of rotatable bonds is 4. The first-order chi connectivity index (χ1) is 11.7. The monoisotopic (exact) mass is 338 g/mol. The molecule has 0 aliphatic carbocycles. The molecular weight excluding hydrogens is 324 g/mol. The van der Waals surface area contributed by atoms with Gasteiger partial charge in [-0.3, -0.25) is 4.79 Å². The lowest BCUT2D eigenvalue weighted by Gasteiger charge is -2.07. The number of aromatic nitrogens is 2. The molecule has 120 valence electrons. The van der Waals surface area contributed by atoms with Crippen LogP contribution in [0.3, 0.4) is 0 Å². The predicted octanol–water partition coefficient (Wildman–Crippen LogP) is 3.90. The van der Waals surface area contributed by atoms with E-state index in [4.69, 9.17) is 11.6 Å². The molecule has 24 heavy (non-hydrogen) atoms. The highest BCUT2D eigenvalue weighted by molar-refractivity contribution is 6.30. The van der Waals surface area contributed by atoms with Crippen molar-refractivity contribution in [1.82, 2.24) is 15.3 Å². The molecule has 0 saturated carbocycles. The maximum absolute atomic E-state index is 11.5. The summed E-state index contributed by atoms with van der Waals surface area (Å²) >= 11 is 5.91. The van der Waals surface area contributed by atoms with Gasteiger partial charge in [-0.25, -0.2) is 9.97 Å². The van der Waals surface area contributed by atoms with Gasteiger partial charge >= 0.3 is 0 Å². The Labute approximate surface area is 144 Å². The molecule has 1 aromatic heterocycles. The highest BCUT2D eigenvalue weighted by Gasteiger charge is 2.05. The third-order valence-electron chi connectivity index (χ3n) is 3.43. The fraction of sp³-hybridized carbons (Fsp3) is 0.0556. The summed E-state index contributed by atoms with van der Waals surface area (Å²) in [6.45, 7) is 0. The standard InChI is InChI=1S/C18H15ClN4O/c1-20-17(24)13-4-8-15(9-5-13)22-18-21-11-10-16(23-18)12-2-6-14(19)7-3-12/h2-11H,1H3,(H,20,24)(H,21,22,23). The first-order valence-corrected chi connectivity index (χ1v) is 7.71. The van der Waals surface area contributed by atoms with E-state index in [2.05, 4.69) is 20.6 Å². The molecule has 1 amide bonds. The van der Waals surface area contributed by atoms with Gasteiger partial charge < -0.3 is 10.6 Å². The first kappa shape index (κ1) is 16.0. The molecule has 0 unspecified atom stereocenters. The van der Waals surface area contributed by atoms with Crippen molar-refractivity contribution in [3.8, 4) is 11.3 Å². The summed E-state index contributed by atoms with van der Waals surface area (Å²) in [5, 5.41) is 6.40. The molecule has 0 saturated heterocycles. The van der Waals surface area contributed by atoms with Gasteiger partial charge in [-0.05, 0) is 42.5 Å². The number of hydrogen-bond acceptors (Lipinski definition) is 4. The Bertz CT molecular complexity index is 848. The Morgan fingerprint density at radius 2 is 1.71 bits per heavy atom. The van der Waals surface area contributed by atoms with Gasteiger partial charge in [-0.1, -0.05) is 23.7 Å². The lowest BCUT2D eigenvalue weighted by molar-refractivity contribution is 0.0963. The Morgan fingerprint density at radius 1 is 1.00 bits per heavy atom. The Kier molecular flexibility index (Phi) is 4.72. The van der Waals surface area contributed by atoms with Gasteiger partial charge in [-0.2, -0.15) is 0 Å². The van der Waals surface area contributed by atoms with Crippen LogP contribution in [-0.4, -0.2) is 22.9 Å². The van der Waals surface area contributed by atoms with Crippen molar-refractivity contribution in [3.05, 3.63) is 71.4 Å². The minimum Gasteiger partial charge on any atom is -0.355 e. The summed E-state index contributed by atoms with van der Waals surface area (Å²) in [6.07, 6.45) is 1.69. The fourth-order valence-electron chi connectivity index (χ4n) is 2.18. The van der Waals surface area contributed by atoms with E-state index in [0.717, 1.165) is 16.9 Å². The van der Waals surface area contributed by atoms with Crippen LogP contribution in [0.4, 0.5) is 11.6 Å². The summed E-state index contributed by atoms with van der Waals surface area (Å²) < 4.78 is 0. The third-order valence-corrected chi connectivity index (χ3v) is 3.68. The van der Waals surface area contributed by atoms with Crippen LogP contribution < -0.4 is 10.6 Å². The zero-order chi connectivity index (χ0) is 16.9. The Hall–Kier alpha value is -2.92. The van der Waals surface area contributed by atoms with Crippen LogP contribution in [0.1, 0.15) is 10.4 Å². The fourth-order valence-corrected chi connectivity index (χ4v) is 2.30. The van der Waals surface area contributed by atoms with Crippen LogP contribution in [0.15, 0.2) is 60.8 Å². The lowest BCUT2D eigenvalue weighted by atomic mass is 10.1. The van der Waals surface area contributed by atoms with E-state index in [9.17, 15) is 4.79 Å². The van der Waals surface area contributed by atoms with E-state index in [1.165, 1.54) is 0 Å². The van der Waals surface area contributed by atoms with Crippen molar-refractivity contribution < 1.29 is 4.79 Å². The molecule has 0 radical (unpaired) electrons. The van der Waals surface area contributed by atoms with Crippen LogP contribution in [0.2, 0.25) is 5.02 Å². The number of anilines is 2. The lowest BCUT2D eigenvalue weighted by Crippen LogP contribution is -2.17. The number of carbonyl (C=O) groups excluding carboxylic acids is 1. The molecular formula is C18H15ClN4O. The smallest absolute Gasteiger partial charge is 0.251 e. The van der Waals surface area contributed by atoms with E-state index >= 15 is 0 Å². The maximum Gasteiger partial charge on any atom is 0.251 e. The zero-order valence-corrected chi connectivity index (χ0v) is 13.7. The summed E-state index contributed by atoms with van der Waals surface area (Å²) in [7, 11) is 1.60. The van der Waals surface area contributed by atoms with Gasteiger partial charge in [0.2, 0.25) is 5.95 Å². The van der Waals surface area contributed by atoms with Crippen molar-refractivity contribution >= 4 is 29.1 Å². The number of benzene rings is 2. The second-order valence-corrected chi connectivity index (χ2v) is 5.49. The van der Waals surface area contributed by atoms with Crippen LogP contribution in [0.5, 0.6) is 0 Å². The summed E-state index contributed by atoms with van der Waals surface area (Å²) in [5.41, 5.74) is 3.15. The van der Waals surface area contributed by atoms with Crippen LogP contribution in [-0.2, 0) is 0 Å². The first-order valence-electron chi connectivity index (χ1n) is 7.34. The number of nitrogens with one attached hydrogen (secondary N) is 2. The highest BCUT2D eigenvalue weighted by Crippen LogP contribution is 2.21. The molecule has 5 nitrogen and oxygen atoms in total. The zero-order valence-electron chi connectivity index (χ0n) is 13.0. The Balaban J connectivity index is 1.79. The van der Waals surface area contributed by atoms with Gasteiger partial charge in [0.05, 0.1) is 5.69 Å². The van der Waals surface area contributed by atoms with Crippen LogP contribution >= 0.6 is 11.6 Å². The van der Waals surface area contributed by atoms with Crippen LogP contribution in [0.25, 0.3) is 11.3 Å². The topological polar surface area (TPSA) is 66.9 Å². The maximum atomic E-state index is 11.5. The van der Waals surface area contributed by atoms with Crippen molar-refractivity contribution in [2.24, 2.45) is 0 Å². The number of hydrogen-bond donors (Lipinski definition) is 2. The van der Waals surface area contributed by atoms with Crippen molar-refractivity contribution in [2.45, 2.75) is 0 Å². The third kappa shape index (κ3) is 3.70. The number of nitrogens with zero attached hydrogens (tertiary/aromatic N) is 2. The van der Waals surface area contributed by atoms with Crippen molar-refractivity contribution in [2.75, 3.05) is 12.4 Å². The quantitative estimate of drug-likeness (QED) is 0.757. The summed E-state index contributed by atoms with van der Waals surface area (Å²) in [6, 6.07) is 16.4. The second kappa shape index (κ2) is 7.10.